The van der Waals surface area contributed by atoms with Crippen molar-refractivity contribution >= 4 is 5.97 Å². The molecule has 1 spiro atoms. The van der Waals surface area contributed by atoms with Gasteiger partial charge in [0, 0.05) is 13.0 Å². The average molecular weight is 228 g/mol. The number of carbonyl (C=O) groups excluding carboxylic acids is 1. The fourth-order valence-electron chi connectivity index (χ4n) is 2.88. The highest BCUT2D eigenvalue weighted by Crippen LogP contribution is 2.57. The molecule has 0 radical (unpaired) electrons. The van der Waals surface area contributed by atoms with Crippen LogP contribution in [0.15, 0.2) is 0 Å². The zero-order valence-corrected chi connectivity index (χ0v) is 10.2. The largest absolute Gasteiger partial charge is 0.467 e. The summed E-state index contributed by atoms with van der Waals surface area (Å²) in [4.78, 5) is 11.6. The third-order valence-corrected chi connectivity index (χ3v) is 3.87. The fraction of sp³-hybridized carbons (Fsp3) is 0.917. The van der Waals surface area contributed by atoms with E-state index in [9.17, 15) is 4.79 Å². The zero-order chi connectivity index (χ0) is 11.8. The second-order valence-corrected chi connectivity index (χ2v) is 4.79. The van der Waals surface area contributed by atoms with Crippen LogP contribution in [0, 0.1) is 0 Å². The number of hydrogen-bond donors (Lipinski definition) is 0. The average Bonchev–Trinajstić information content (AvgIpc) is 2.83. The van der Waals surface area contributed by atoms with Crippen LogP contribution >= 0.6 is 0 Å². The number of methoxy groups -OCH3 is 1. The topological polar surface area (TPSA) is 48.1 Å². The Morgan fingerprint density at radius 1 is 1.56 bits per heavy atom. The van der Waals surface area contributed by atoms with Gasteiger partial charge in [0.1, 0.15) is 5.60 Å². The Kier molecular flexibility index (Phi) is 2.97. The van der Waals surface area contributed by atoms with Gasteiger partial charge in [-0.2, -0.15) is 0 Å². The van der Waals surface area contributed by atoms with Crippen molar-refractivity contribution in [3.63, 3.8) is 0 Å². The quantitative estimate of drug-likeness (QED) is 0.544. The first-order valence-corrected chi connectivity index (χ1v) is 5.98. The third-order valence-electron chi connectivity index (χ3n) is 3.87. The van der Waals surface area contributed by atoms with Crippen LogP contribution < -0.4 is 0 Å². The van der Waals surface area contributed by atoms with Gasteiger partial charge in [0.15, 0.2) is 5.60 Å². The Bertz CT molecular complexity index is 289. The molecule has 0 N–H and O–H groups in total. The molecule has 3 unspecified atom stereocenters. The van der Waals surface area contributed by atoms with E-state index in [1.54, 1.807) is 0 Å². The summed E-state index contributed by atoms with van der Waals surface area (Å²) in [7, 11) is 1.41. The van der Waals surface area contributed by atoms with Gasteiger partial charge in [-0.1, -0.05) is 0 Å². The van der Waals surface area contributed by atoms with Crippen LogP contribution in [0.5, 0.6) is 0 Å². The predicted octanol–water partition coefficient (Wildman–Crippen LogP) is 1.67. The van der Waals surface area contributed by atoms with Crippen molar-refractivity contribution in [1.82, 2.24) is 0 Å². The molecule has 0 aromatic heterocycles. The van der Waals surface area contributed by atoms with E-state index in [1.165, 1.54) is 7.11 Å². The van der Waals surface area contributed by atoms with Gasteiger partial charge < -0.3 is 14.2 Å². The molecule has 1 aliphatic heterocycles. The van der Waals surface area contributed by atoms with Crippen molar-refractivity contribution in [2.45, 2.75) is 56.8 Å². The molecular formula is C12H20O4. The molecule has 0 aromatic carbocycles. The van der Waals surface area contributed by atoms with Gasteiger partial charge in [-0.05, 0) is 33.1 Å². The summed E-state index contributed by atoms with van der Waals surface area (Å²) >= 11 is 0. The molecule has 92 valence electrons. The van der Waals surface area contributed by atoms with Gasteiger partial charge >= 0.3 is 5.97 Å². The van der Waals surface area contributed by atoms with Crippen LogP contribution in [0.1, 0.15) is 39.5 Å². The zero-order valence-electron chi connectivity index (χ0n) is 10.2. The van der Waals surface area contributed by atoms with Gasteiger partial charge in [-0.3, -0.25) is 0 Å². The number of esters is 1. The molecule has 3 atom stereocenters. The predicted molar refractivity (Wildman–Crippen MR) is 58.1 cm³/mol. The maximum Gasteiger partial charge on any atom is 0.340 e. The van der Waals surface area contributed by atoms with E-state index in [1.807, 2.05) is 13.8 Å². The lowest BCUT2D eigenvalue weighted by molar-refractivity contribution is -0.146. The van der Waals surface area contributed by atoms with Crippen molar-refractivity contribution in [1.29, 1.82) is 0 Å². The first-order valence-electron chi connectivity index (χ1n) is 5.98. The summed E-state index contributed by atoms with van der Waals surface area (Å²) in [6, 6.07) is 0. The maximum atomic E-state index is 11.6. The second kappa shape index (κ2) is 4.00. The van der Waals surface area contributed by atoms with Crippen molar-refractivity contribution in [3.8, 4) is 0 Å². The van der Waals surface area contributed by atoms with Crippen LogP contribution in [0.25, 0.3) is 0 Å². The molecule has 4 nitrogen and oxygen atoms in total. The van der Waals surface area contributed by atoms with Crippen molar-refractivity contribution in [2.24, 2.45) is 0 Å². The van der Waals surface area contributed by atoms with E-state index in [0.29, 0.717) is 0 Å². The Morgan fingerprint density at radius 2 is 2.31 bits per heavy atom. The minimum atomic E-state index is -0.739. The SMILES string of the molecule is CCOC1CCCC2(C1)OC2(C)C(=O)OC. The molecule has 16 heavy (non-hydrogen) atoms. The lowest BCUT2D eigenvalue weighted by Crippen LogP contribution is -2.38. The van der Waals surface area contributed by atoms with Gasteiger partial charge in [0.25, 0.3) is 0 Å². The summed E-state index contributed by atoms with van der Waals surface area (Å²) in [5.74, 6) is -0.260. The minimum Gasteiger partial charge on any atom is -0.467 e. The van der Waals surface area contributed by atoms with Crippen LogP contribution in [0.3, 0.4) is 0 Å². The molecule has 1 saturated carbocycles. The minimum absolute atomic E-state index is 0.227. The Hall–Kier alpha value is -0.610. The Morgan fingerprint density at radius 3 is 2.94 bits per heavy atom. The summed E-state index contributed by atoms with van der Waals surface area (Å²) in [6.45, 7) is 4.54. The summed E-state index contributed by atoms with van der Waals surface area (Å²) in [5, 5.41) is 0. The second-order valence-electron chi connectivity index (χ2n) is 4.79. The number of ether oxygens (including phenoxy) is 3. The molecule has 2 rings (SSSR count). The Balaban J connectivity index is 2.03. The molecule has 0 amide bonds. The van der Waals surface area contributed by atoms with E-state index in [2.05, 4.69) is 0 Å². The van der Waals surface area contributed by atoms with E-state index in [4.69, 9.17) is 14.2 Å². The number of hydrogen-bond acceptors (Lipinski definition) is 4. The highest BCUT2D eigenvalue weighted by atomic mass is 16.7. The smallest absolute Gasteiger partial charge is 0.340 e. The van der Waals surface area contributed by atoms with Crippen molar-refractivity contribution in [2.75, 3.05) is 13.7 Å². The van der Waals surface area contributed by atoms with Gasteiger partial charge in [0.05, 0.1) is 13.2 Å². The third kappa shape index (κ3) is 1.64. The summed E-state index contributed by atoms with van der Waals surface area (Å²) in [6.07, 6.45) is 4.09. The molecule has 0 bridgehead atoms. The lowest BCUT2D eigenvalue weighted by atomic mass is 9.79. The fourth-order valence-corrected chi connectivity index (χ4v) is 2.88. The maximum absolute atomic E-state index is 11.6. The van der Waals surface area contributed by atoms with E-state index < -0.39 is 5.60 Å². The molecule has 0 aromatic rings. The molecule has 1 saturated heterocycles. The first kappa shape index (κ1) is 11.9. The molecule has 2 fully saturated rings. The van der Waals surface area contributed by atoms with Gasteiger partial charge in [-0.25, -0.2) is 4.79 Å². The molecular weight excluding hydrogens is 208 g/mol. The molecule has 2 aliphatic rings. The van der Waals surface area contributed by atoms with Crippen LogP contribution in [0.2, 0.25) is 0 Å². The van der Waals surface area contributed by atoms with Crippen LogP contribution in [-0.4, -0.2) is 37.0 Å². The van der Waals surface area contributed by atoms with Crippen LogP contribution in [0.4, 0.5) is 0 Å². The first-order chi connectivity index (χ1) is 7.58. The lowest BCUT2D eigenvalue weighted by Gasteiger charge is -2.28. The highest BCUT2D eigenvalue weighted by molar-refractivity contribution is 5.84. The number of epoxide rings is 1. The summed E-state index contributed by atoms with van der Waals surface area (Å²) in [5.41, 5.74) is -1.06. The normalized spacial score (nSPS) is 42.1. The Labute approximate surface area is 96.2 Å². The molecule has 1 heterocycles. The van der Waals surface area contributed by atoms with E-state index >= 15 is 0 Å². The number of carbonyl (C=O) groups is 1. The van der Waals surface area contributed by atoms with Crippen molar-refractivity contribution in [3.05, 3.63) is 0 Å². The molecule has 4 heteroatoms. The monoisotopic (exact) mass is 228 g/mol. The number of rotatable bonds is 3. The molecule has 1 aliphatic carbocycles. The standard InChI is InChI=1S/C12H20O4/c1-4-15-9-6-5-7-12(8-9)11(2,16-12)10(13)14-3/h9H,4-8H2,1-3H3. The van der Waals surface area contributed by atoms with Gasteiger partial charge in [0.2, 0.25) is 0 Å². The highest BCUT2D eigenvalue weighted by Gasteiger charge is 2.72. The van der Waals surface area contributed by atoms with Crippen molar-refractivity contribution < 1.29 is 19.0 Å². The van der Waals surface area contributed by atoms with E-state index in [-0.39, 0.29) is 17.7 Å². The summed E-state index contributed by atoms with van der Waals surface area (Å²) < 4.78 is 16.1. The van der Waals surface area contributed by atoms with Crippen LogP contribution in [-0.2, 0) is 19.0 Å². The van der Waals surface area contributed by atoms with E-state index in [0.717, 1.165) is 32.3 Å². The van der Waals surface area contributed by atoms with Gasteiger partial charge in [-0.15, -0.1) is 0 Å².